The number of fused-ring (bicyclic) bond motifs is 36. The van der Waals surface area contributed by atoms with Crippen LogP contribution >= 0.6 is 0 Å². The van der Waals surface area contributed by atoms with Crippen LogP contribution in [0.5, 0.6) is 0 Å². The van der Waals surface area contributed by atoms with Crippen LogP contribution in [0.15, 0.2) is 73.4 Å². The van der Waals surface area contributed by atoms with E-state index in [-0.39, 0.29) is 83.2 Å². The summed E-state index contributed by atoms with van der Waals surface area (Å²) in [7, 11) is 1.47. The van der Waals surface area contributed by atoms with E-state index >= 15 is 4.79 Å². The van der Waals surface area contributed by atoms with E-state index in [2.05, 4.69) is 83.7 Å². The number of primary amides is 1. The molecule has 3 aromatic heterocycles. The van der Waals surface area contributed by atoms with Crippen molar-refractivity contribution in [2.75, 3.05) is 26.7 Å². The first-order chi connectivity index (χ1) is 49.4. The van der Waals surface area contributed by atoms with Gasteiger partial charge in [0.2, 0.25) is 76.8 Å². The Morgan fingerprint density at radius 2 is 1.18 bits per heavy atom. The molecule has 3 aliphatic rings. The summed E-state index contributed by atoms with van der Waals surface area (Å²) in [6, 6.07) is -0.0630. The molecule has 0 aliphatic carbocycles. The first kappa shape index (κ1) is 80.5. The number of likely N-dealkylation sites (N-methyl/N-ethyl adjacent to an activating group) is 1. The summed E-state index contributed by atoms with van der Waals surface area (Å²) in [6.07, 6.45) is 2.00. The van der Waals surface area contributed by atoms with Crippen molar-refractivity contribution in [3.63, 3.8) is 0 Å². The Balaban J connectivity index is 1.24. The molecule has 3 fully saturated rings. The molecule has 2 bridgehead atoms. The second-order valence-electron chi connectivity index (χ2n) is 27.3. The van der Waals surface area contributed by atoms with Crippen LogP contribution in [0.4, 0.5) is 0 Å². The number of nitrogens with zero attached hydrogens (tertiary/aromatic N) is 2. The molecule has 3 saturated heterocycles. The monoisotopic (exact) mass is 1450 g/mol. The van der Waals surface area contributed by atoms with Crippen LogP contribution in [0.2, 0.25) is 0 Å². The van der Waals surface area contributed by atoms with Crippen molar-refractivity contribution in [1.82, 2.24) is 88.6 Å². The summed E-state index contributed by atoms with van der Waals surface area (Å²) in [5.74, 6) is -13.7. The zero-order valence-corrected chi connectivity index (χ0v) is 59.6. The van der Waals surface area contributed by atoms with E-state index < -0.39 is 180 Å². The molecule has 11 atom stereocenters. The summed E-state index contributed by atoms with van der Waals surface area (Å²) in [4.78, 5) is 213. The first-order valence-electron chi connectivity index (χ1n) is 34.9. The lowest BCUT2D eigenvalue weighted by atomic mass is 9.85. The number of nitrogens with one attached hydrogen (secondary N) is 15. The second-order valence-corrected chi connectivity index (χ2v) is 27.3. The quantitative estimate of drug-likeness (QED) is 0.0397. The van der Waals surface area contributed by atoms with Gasteiger partial charge in [0, 0.05) is 91.3 Å². The van der Waals surface area contributed by atoms with E-state index in [0.29, 0.717) is 38.6 Å². The van der Waals surface area contributed by atoms with Gasteiger partial charge in [-0.15, -0.1) is 0 Å². The summed E-state index contributed by atoms with van der Waals surface area (Å²) >= 11 is 0. The molecule has 8 rings (SSSR count). The minimum Gasteiger partial charge on any atom is -0.481 e. The van der Waals surface area contributed by atoms with Gasteiger partial charge in [-0.3, -0.25) is 67.1 Å². The number of hydrogen-bond acceptors (Lipinski definition) is 17. The highest BCUT2D eigenvalue weighted by atomic mass is 16.4. The number of amides is 13. The van der Waals surface area contributed by atoms with Gasteiger partial charge < -0.3 is 99.6 Å². The number of carboxylic acid groups (broad SMARTS) is 1. The fourth-order valence-corrected chi connectivity index (χ4v) is 12.6. The number of benzene rings is 2. The number of carboxylic acids is 1. The van der Waals surface area contributed by atoms with E-state index in [1.54, 1.807) is 89.5 Å². The third-order valence-electron chi connectivity index (χ3n) is 18.5. The Morgan fingerprint density at radius 1 is 0.644 bits per heavy atom. The zero-order chi connectivity index (χ0) is 76.1. The van der Waals surface area contributed by atoms with Crippen molar-refractivity contribution in [3.05, 3.63) is 90.3 Å². The summed E-state index contributed by atoms with van der Waals surface area (Å²) < 4.78 is 0. The average Bonchev–Trinajstić information content (AvgIpc) is 0.984. The molecule has 2 aromatic carbocycles. The van der Waals surface area contributed by atoms with Crippen LogP contribution in [0, 0.1) is 11.8 Å². The van der Waals surface area contributed by atoms with Crippen molar-refractivity contribution in [2.45, 2.75) is 198 Å². The number of aromatic amines is 3. The van der Waals surface area contributed by atoms with Gasteiger partial charge in [-0.1, -0.05) is 77.4 Å². The lowest BCUT2D eigenvalue weighted by molar-refractivity contribution is -0.143. The number of aliphatic hydroxyl groups is 1. The predicted molar refractivity (Wildman–Crippen MR) is 378 cm³/mol. The Kier molecular flexibility index (Phi) is 29.0. The highest BCUT2D eigenvalue weighted by Crippen LogP contribution is 2.27. The third-order valence-corrected chi connectivity index (χ3v) is 18.5. The fourth-order valence-electron chi connectivity index (χ4n) is 12.6. The smallest absolute Gasteiger partial charge is 0.303 e. The van der Waals surface area contributed by atoms with Crippen molar-refractivity contribution < 1.29 is 77.3 Å². The SMILES string of the molecule is CCC[C@@H]1NC(=O)[C@H](CCC(=O)O)NC(=O)CNC(=O)[C@H](CC(C)C)NC(=O)[C@H](Cc2cnc[nH]2)NC(=O)[C@H](Cc2c[nH]c3ccccc23)NC(=O)[C@H](C)NC(=O)[C@@H](NC)CCC(=O)N2CCC(C(=O)N[C@H](C(N)=O)C(C)O)(CC2)NC(=O)[C@H](Cc2c[nH]c3ccccc23)NC(=O)[C@H](C(C)C)NC1=O. The van der Waals surface area contributed by atoms with Crippen molar-refractivity contribution in [2.24, 2.45) is 17.6 Å². The number of piperidine rings is 1. The first-order valence-corrected chi connectivity index (χ1v) is 34.9. The van der Waals surface area contributed by atoms with Gasteiger partial charge in [0.05, 0.1) is 25.0 Å². The van der Waals surface area contributed by atoms with Crippen molar-refractivity contribution in [1.29, 1.82) is 0 Å². The van der Waals surface area contributed by atoms with Gasteiger partial charge in [0.1, 0.15) is 59.9 Å². The van der Waals surface area contributed by atoms with E-state index in [0.717, 1.165) is 0 Å². The number of H-pyrrole nitrogens is 3. The Bertz CT molecular complexity index is 3900. The van der Waals surface area contributed by atoms with Crippen LogP contribution in [0.3, 0.4) is 0 Å². The Morgan fingerprint density at radius 3 is 1.73 bits per heavy atom. The molecule has 19 N–H and O–H groups in total. The number of aliphatic hydroxyl groups excluding tert-OH is 1. The molecule has 0 radical (unpaired) electrons. The normalized spacial score (nSPS) is 24.7. The van der Waals surface area contributed by atoms with Crippen LogP contribution < -0.4 is 69.5 Å². The van der Waals surface area contributed by atoms with E-state index in [1.165, 1.54) is 38.3 Å². The molecule has 34 nitrogen and oxygen atoms in total. The largest absolute Gasteiger partial charge is 0.481 e. The summed E-state index contributed by atoms with van der Waals surface area (Å²) in [5, 5.41) is 53.6. The number of aromatic nitrogens is 4. The van der Waals surface area contributed by atoms with E-state index in [4.69, 9.17) is 5.73 Å². The minimum atomic E-state index is -1.96. The van der Waals surface area contributed by atoms with Crippen LogP contribution in [-0.4, -0.2) is 217 Å². The second kappa shape index (κ2) is 37.4. The fraction of sp³-hybridized carbons (Fsp3) is 0.529. The van der Waals surface area contributed by atoms with Gasteiger partial charge in [0.25, 0.3) is 0 Å². The molecule has 0 saturated carbocycles. The molecule has 104 heavy (non-hydrogen) atoms. The maximum absolute atomic E-state index is 15.2. The third kappa shape index (κ3) is 22.1. The zero-order valence-electron chi connectivity index (χ0n) is 59.6. The van der Waals surface area contributed by atoms with Crippen molar-refractivity contribution >= 4 is 105 Å². The minimum absolute atomic E-state index is 0.00519. The lowest BCUT2D eigenvalue weighted by Gasteiger charge is -2.42. The Hall–Kier alpha value is -10.8. The topological polar surface area (TPSA) is 513 Å². The standard InChI is InChI=1S/C70H98N18O16/c1-9-14-48-64(99)85-57(37(4)5)68(103)84-52(29-41-32-75-46-18-13-11-16-44(41)46)67(102)87-70(69(104)86-58(39(7)89)59(71)94)23-25-88(26-24-70)55(91)21-19-47(72-8)62(97)78-38(6)60(95)81-51(28-40-31-74-45-17-12-10-15-43(40)45)65(100)83-53(30-42-33-73-35-77-42)66(101)82-50(27-36(2)3)61(96)76-34-54(90)79-49(63(98)80-48)20-22-56(92)93/h10-13,15-18,31-33,35-39,47-53,57-58,72,74-75,89H,9,14,19-30,34H2,1-8H3,(H2,71,94)(H,73,77)(H,76,96)(H,78,97)(H,79,90)(H,80,98)(H,81,95)(H,82,101)(H,83,100)(H,84,103)(H,85,99)(H,86,104)(H,87,102)(H,92,93)/t38-,39?,47-,48-,49-,50-,51-,52-,53-,57-,58-/m0/s1. The number of rotatable bonds is 19. The maximum atomic E-state index is 15.2. The molecule has 13 amide bonds. The van der Waals surface area contributed by atoms with Gasteiger partial charge >= 0.3 is 5.97 Å². The van der Waals surface area contributed by atoms with E-state index in [1.807, 2.05) is 6.07 Å². The molecule has 3 aliphatic heterocycles. The molecule has 34 heteroatoms. The summed E-state index contributed by atoms with van der Waals surface area (Å²) in [6.45, 7) is 9.81. The number of carbonyl (C=O) groups excluding carboxylic acids is 13. The molecule has 1 unspecified atom stereocenters. The van der Waals surface area contributed by atoms with Gasteiger partial charge in [0.15, 0.2) is 0 Å². The molecule has 5 aromatic rings. The van der Waals surface area contributed by atoms with Gasteiger partial charge in [-0.2, -0.15) is 0 Å². The van der Waals surface area contributed by atoms with Gasteiger partial charge in [-0.25, -0.2) is 4.98 Å². The highest BCUT2D eigenvalue weighted by molar-refractivity contribution is 6.01. The number of nitrogens with two attached hydrogens (primary N) is 1. The van der Waals surface area contributed by atoms with Crippen LogP contribution in [-0.2, 0) is 86.4 Å². The molecule has 564 valence electrons. The van der Waals surface area contributed by atoms with Crippen LogP contribution in [0.25, 0.3) is 21.8 Å². The maximum Gasteiger partial charge on any atom is 0.303 e. The highest BCUT2D eigenvalue weighted by Gasteiger charge is 2.47. The molecule has 6 heterocycles. The number of imidazole rings is 1. The van der Waals surface area contributed by atoms with Crippen LogP contribution in [0.1, 0.15) is 123 Å². The average molecular weight is 1450 g/mol. The Labute approximate surface area is 600 Å². The summed E-state index contributed by atoms with van der Waals surface area (Å²) in [5.41, 5.74) is 6.55. The number of carbonyl (C=O) groups is 14. The number of aliphatic carboxylic acids is 1. The molecular weight excluding hydrogens is 1350 g/mol. The van der Waals surface area contributed by atoms with E-state index in [9.17, 15) is 72.5 Å². The molecular formula is C70H98N18O16. The number of para-hydroxylation sites is 2. The lowest BCUT2D eigenvalue weighted by Crippen LogP contribution is -2.68. The van der Waals surface area contributed by atoms with Crippen molar-refractivity contribution in [3.8, 4) is 0 Å². The molecule has 0 spiro atoms. The predicted octanol–water partition coefficient (Wildman–Crippen LogP) is -2.01. The number of hydrogen-bond donors (Lipinski definition) is 18. The van der Waals surface area contributed by atoms with Gasteiger partial charge in [-0.05, 0) is 94.5 Å².